The van der Waals surface area contributed by atoms with Gasteiger partial charge in [0.05, 0.1) is 22.1 Å². The van der Waals surface area contributed by atoms with Crippen LogP contribution in [-0.4, -0.2) is 34.2 Å². The van der Waals surface area contributed by atoms with Crippen LogP contribution in [0.2, 0.25) is 5.02 Å². The van der Waals surface area contributed by atoms with E-state index in [-0.39, 0.29) is 5.92 Å². The van der Waals surface area contributed by atoms with Gasteiger partial charge in [0.1, 0.15) is 0 Å². The molecule has 2 heterocycles. The van der Waals surface area contributed by atoms with Gasteiger partial charge in [-0.15, -0.1) is 0 Å². The standard InChI is InChI=1S/C14H18ClN3O2/c15-10-7-11(16)13(17-12(10)8-1-2-8)9-3-5-18(6-4-9)14(19)20/h7-9H,1-6,16H2,(H,19,20). The zero-order valence-electron chi connectivity index (χ0n) is 11.2. The van der Waals surface area contributed by atoms with Crippen molar-refractivity contribution in [2.75, 3.05) is 18.8 Å². The molecule has 3 N–H and O–H groups in total. The summed E-state index contributed by atoms with van der Waals surface area (Å²) in [5, 5.41) is 9.64. The quantitative estimate of drug-likeness (QED) is 0.879. The summed E-state index contributed by atoms with van der Waals surface area (Å²) < 4.78 is 0. The van der Waals surface area contributed by atoms with Crippen molar-refractivity contribution in [3.8, 4) is 0 Å². The van der Waals surface area contributed by atoms with Crippen LogP contribution in [-0.2, 0) is 0 Å². The predicted molar refractivity (Wildman–Crippen MR) is 77.2 cm³/mol. The smallest absolute Gasteiger partial charge is 0.407 e. The summed E-state index contributed by atoms with van der Waals surface area (Å²) in [5.41, 5.74) is 8.56. The SMILES string of the molecule is Nc1cc(Cl)c(C2CC2)nc1C1CCN(C(=O)O)CC1. The monoisotopic (exact) mass is 295 g/mol. The Morgan fingerprint density at radius 3 is 2.40 bits per heavy atom. The Morgan fingerprint density at radius 1 is 1.25 bits per heavy atom. The summed E-state index contributed by atoms with van der Waals surface area (Å²) in [6, 6.07) is 1.81. The fourth-order valence-electron chi connectivity index (χ4n) is 2.85. The van der Waals surface area contributed by atoms with E-state index in [1.165, 1.54) is 4.90 Å². The third-order valence-corrected chi connectivity index (χ3v) is 4.48. The van der Waals surface area contributed by atoms with E-state index in [0.29, 0.717) is 29.7 Å². The second-order valence-electron chi connectivity index (χ2n) is 5.65. The predicted octanol–water partition coefficient (Wildman–Crippen LogP) is 3.05. The first-order valence-corrected chi connectivity index (χ1v) is 7.37. The highest BCUT2D eigenvalue weighted by Gasteiger charge is 2.31. The zero-order valence-corrected chi connectivity index (χ0v) is 11.9. The number of halogens is 1. The molecule has 2 fully saturated rings. The second kappa shape index (κ2) is 5.13. The topological polar surface area (TPSA) is 79.5 Å². The molecule has 0 aromatic carbocycles. The van der Waals surface area contributed by atoms with E-state index in [0.717, 1.165) is 37.1 Å². The van der Waals surface area contributed by atoms with Crippen molar-refractivity contribution < 1.29 is 9.90 Å². The first-order valence-electron chi connectivity index (χ1n) is 7.00. The highest BCUT2D eigenvalue weighted by molar-refractivity contribution is 6.31. The summed E-state index contributed by atoms with van der Waals surface area (Å²) in [6.45, 7) is 1.09. The number of hydrogen-bond acceptors (Lipinski definition) is 3. The molecule has 108 valence electrons. The molecule has 1 saturated carbocycles. The van der Waals surface area contributed by atoms with Crippen LogP contribution in [0, 0.1) is 0 Å². The molecule has 1 aromatic heterocycles. The minimum Gasteiger partial charge on any atom is -0.465 e. The molecule has 0 bridgehead atoms. The van der Waals surface area contributed by atoms with Crippen LogP contribution in [0.1, 0.15) is 48.9 Å². The number of nitrogens with two attached hydrogens (primary N) is 1. The molecule has 0 atom stereocenters. The van der Waals surface area contributed by atoms with Gasteiger partial charge in [-0.3, -0.25) is 4.98 Å². The lowest BCUT2D eigenvalue weighted by atomic mass is 9.92. The molecule has 6 heteroatoms. The minimum absolute atomic E-state index is 0.236. The largest absolute Gasteiger partial charge is 0.465 e. The fourth-order valence-corrected chi connectivity index (χ4v) is 3.16. The highest BCUT2D eigenvalue weighted by atomic mass is 35.5. The van der Waals surface area contributed by atoms with Gasteiger partial charge < -0.3 is 15.7 Å². The number of piperidine rings is 1. The van der Waals surface area contributed by atoms with Crippen LogP contribution in [0.3, 0.4) is 0 Å². The lowest BCUT2D eigenvalue weighted by Crippen LogP contribution is -2.37. The fraction of sp³-hybridized carbons (Fsp3) is 0.571. The molecule has 20 heavy (non-hydrogen) atoms. The van der Waals surface area contributed by atoms with Crippen molar-refractivity contribution in [2.45, 2.75) is 37.5 Å². The van der Waals surface area contributed by atoms with Crippen LogP contribution in [0.4, 0.5) is 10.5 Å². The van der Waals surface area contributed by atoms with Crippen LogP contribution < -0.4 is 5.73 Å². The average molecular weight is 296 g/mol. The molecule has 0 spiro atoms. The van der Waals surface area contributed by atoms with Crippen molar-refractivity contribution in [3.63, 3.8) is 0 Å². The first-order chi connectivity index (χ1) is 9.56. The number of amides is 1. The zero-order chi connectivity index (χ0) is 14.3. The van der Waals surface area contributed by atoms with Crippen LogP contribution in [0.5, 0.6) is 0 Å². The number of rotatable bonds is 2. The first kappa shape index (κ1) is 13.5. The van der Waals surface area contributed by atoms with E-state index < -0.39 is 6.09 Å². The Bertz CT molecular complexity index is 537. The Kier molecular flexibility index (Phi) is 3.46. The maximum Gasteiger partial charge on any atom is 0.407 e. The third-order valence-electron chi connectivity index (χ3n) is 4.18. The van der Waals surface area contributed by atoms with Gasteiger partial charge in [-0.05, 0) is 31.7 Å². The van der Waals surface area contributed by atoms with E-state index in [2.05, 4.69) is 0 Å². The molecular weight excluding hydrogens is 278 g/mol. The van der Waals surface area contributed by atoms with Crippen molar-refractivity contribution in [3.05, 3.63) is 22.5 Å². The summed E-state index contributed by atoms with van der Waals surface area (Å²) in [6.07, 6.45) is 2.99. The molecule has 0 radical (unpaired) electrons. The van der Waals surface area contributed by atoms with Gasteiger partial charge in [0.15, 0.2) is 0 Å². The average Bonchev–Trinajstić information content (AvgIpc) is 3.23. The lowest BCUT2D eigenvalue weighted by molar-refractivity contribution is 0.132. The van der Waals surface area contributed by atoms with Gasteiger partial charge in [0, 0.05) is 24.9 Å². The number of carbonyl (C=O) groups is 1. The van der Waals surface area contributed by atoms with Gasteiger partial charge in [0.25, 0.3) is 0 Å². The van der Waals surface area contributed by atoms with E-state index in [1.807, 2.05) is 0 Å². The van der Waals surface area contributed by atoms with Crippen LogP contribution in [0.25, 0.3) is 0 Å². The minimum atomic E-state index is -0.848. The Labute approximate surface area is 122 Å². The van der Waals surface area contributed by atoms with Crippen molar-refractivity contribution in [2.24, 2.45) is 0 Å². The second-order valence-corrected chi connectivity index (χ2v) is 6.06. The summed E-state index contributed by atoms with van der Waals surface area (Å²) in [5.74, 6) is 0.723. The summed E-state index contributed by atoms with van der Waals surface area (Å²) >= 11 is 6.21. The molecule has 3 rings (SSSR count). The molecule has 1 aliphatic heterocycles. The molecule has 1 aromatic rings. The molecule has 0 unspecified atom stereocenters. The molecule has 1 saturated heterocycles. The number of pyridine rings is 1. The Balaban J connectivity index is 1.80. The molecule has 5 nitrogen and oxygen atoms in total. The Hall–Kier alpha value is -1.49. The molecule has 1 amide bonds. The molecule has 1 aliphatic carbocycles. The number of nitrogens with zero attached hydrogens (tertiary/aromatic N) is 2. The van der Waals surface area contributed by atoms with E-state index in [4.69, 9.17) is 27.4 Å². The van der Waals surface area contributed by atoms with Crippen molar-refractivity contribution in [1.29, 1.82) is 0 Å². The van der Waals surface area contributed by atoms with Crippen LogP contribution >= 0.6 is 11.6 Å². The van der Waals surface area contributed by atoms with Crippen molar-refractivity contribution >= 4 is 23.4 Å². The number of anilines is 1. The van der Waals surface area contributed by atoms with E-state index in [9.17, 15) is 4.79 Å². The van der Waals surface area contributed by atoms with E-state index >= 15 is 0 Å². The van der Waals surface area contributed by atoms with Crippen LogP contribution in [0.15, 0.2) is 6.07 Å². The maximum atomic E-state index is 10.9. The number of carboxylic acid groups (broad SMARTS) is 1. The van der Waals surface area contributed by atoms with Gasteiger partial charge in [-0.2, -0.15) is 0 Å². The Morgan fingerprint density at radius 2 is 1.85 bits per heavy atom. The normalized spacial score (nSPS) is 20.1. The summed E-state index contributed by atoms with van der Waals surface area (Å²) in [4.78, 5) is 17.1. The molecular formula is C14H18ClN3O2. The van der Waals surface area contributed by atoms with Gasteiger partial charge in [0.2, 0.25) is 0 Å². The van der Waals surface area contributed by atoms with Gasteiger partial charge >= 0.3 is 6.09 Å². The number of likely N-dealkylation sites (tertiary alicyclic amines) is 1. The molecule has 2 aliphatic rings. The van der Waals surface area contributed by atoms with E-state index in [1.54, 1.807) is 6.07 Å². The van der Waals surface area contributed by atoms with Crippen molar-refractivity contribution in [1.82, 2.24) is 9.88 Å². The lowest BCUT2D eigenvalue weighted by Gasteiger charge is -2.30. The highest BCUT2D eigenvalue weighted by Crippen LogP contribution is 2.44. The van der Waals surface area contributed by atoms with Gasteiger partial charge in [-0.25, -0.2) is 4.79 Å². The number of hydrogen-bond donors (Lipinski definition) is 2. The number of aromatic nitrogens is 1. The maximum absolute atomic E-state index is 10.9. The summed E-state index contributed by atoms with van der Waals surface area (Å²) in [7, 11) is 0. The third kappa shape index (κ3) is 2.54. The van der Waals surface area contributed by atoms with Gasteiger partial charge in [-0.1, -0.05) is 11.6 Å². The number of nitrogen functional groups attached to an aromatic ring is 1.